The van der Waals surface area contributed by atoms with Crippen LogP contribution in [0.15, 0.2) is 30.3 Å². The molecule has 5 atom stereocenters. The maximum Gasteiger partial charge on any atom is 0.220 e. The van der Waals surface area contributed by atoms with E-state index in [0.29, 0.717) is 12.8 Å². The fourth-order valence-electron chi connectivity index (χ4n) is 3.22. The van der Waals surface area contributed by atoms with Gasteiger partial charge in [-0.05, 0) is 30.4 Å². The third-order valence-electron chi connectivity index (χ3n) is 4.66. The van der Waals surface area contributed by atoms with Crippen LogP contribution < -0.4 is 5.32 Å². The number of carbonyl (C=O) groups excluding carboxylic acids is 1. The van der Waals surface area contributed by atoms with Crippen LogP contribution in [0.5, 0.6) is 0 Å². The summed E-state index contributed by atoms with van der Waals surface area (Å²) >= 11 is 0. The smallest absolute Gasteiger partial charge is 0.220 e. The monoisotopic (exact) mass is 364 g/mol. The van der Waals surface area contributed by atoms with Crippen molar-refractivity contribution in [2.45, 2.75) is 49.9 Å². The lowest BCUT2D eigenvalue weighted by Crippen LogP contribution is -2.64. The van der Waals surface area contributed by atoms with Gasteiger partial charge in [0.15, 0.2) is 6.29 Å². The molecule has 2 heterocycles. The van der Waals surface area contributed by atoms with Gasteiger partial charge in [0.25, 0.3) is 0 Å². The molecule has 1 fully saturated rings. The Balaban J connectivity index is 1.49. The zero-order valence-corrected chi connectivity index (χ0v) is 14.2. The molecule has 8 nitrogen and oxygen atoms in total. The van der Waals surface area contributed by atoms with Crippen LogP contribution in [-0.2, 0) is 16.0 Å². The summed E-state index contributed by atoms with van der Waals surface area (Å²) in [6.45, 7) is -0.541. The standard InChI is InChI=1S/C18H24N2O6/c21-9-13-16(23)17(24)15(18(25)26-13)20-14(22)7-3-5-11-8-10-4-1-2-6-12(10)19-11/h1-2,4,6,8,13,15-19,21,23-25H,3,5,7,9H2,(H,20,22)/t13-,15-,16-,17-,18?/m1/s1. The van der Waals surface area contributed by atoms with Crippen molar-refractivity contribution in [3.8, 4) is 0 Å². The number of nitrogens with one attached hydrogen (secondary N) is 2. The number of aromatic amines is 1. The van der Waals surface area contributed by atoms with Gasteiger partial charge in [-0.3, -0.25) is 4.79 Å². The topological polar surface area (TPSA) is 135 Å². The van der Waals surface area contributed by atoms with Gasteiger partial charge in [0, 0.05) is 17.6 Å². The zero-order valence-electron chi connectivity index (χ0n) is 14.2. The van der Waals surface area contributed by atoms with Gasteiger partial charge in [-0.2, -0.15) is 0 Å². The van der Waals surface area contributed by atoms with E-state index in [4.69, 9.17) is 9.84 Å². The fraction of sp³-hybridized carbons (Fsp3) is 0.500. The van der Waals surface area contributed by atoms with Gasteiger partial charge < -0.3 is 35.5 Å². The summed E-state index contributed by atoms with van der Waals surface area (Å²) < 4.78 is 5.01. The zero-order chi connectivity index (χ0) is 18.7. The van der Waals surface area contributed by atoms with E-state index in [1.807, 2.05) is 30.3 Å². The van der Waals surface area contributed by atoms with Crippen LogP contribution in [-0.4, -0.2) is 68.6 Å². The lowest BCUT2D eigenvalue weighted by atomic mass is 9.97. The van der Waals surface area contributed by atoms with E-state index in [1.165, 1.54) is 0 Å². The Bertz CT molecular complexity index is 715. The van der Waals surface area contributed by atoms with E-state index in [1.54, 1.807) is 0 Å². The molecule has 1 aromatic heterocycles. The minimum Gasteiger partial charge on any atom is -0.394 e. The molecule has 0 saturated carbocycles. The highest BCUT2D eigenvalue weighted by Gasteiger charge is 2.44. The summed E-state index contributed by atoms with van der Waals surface area (Å²) in [4.78, 5) is 15.4. The van der Waals surface area contributed by atoms with E-state index in [2.05, 4.69) is 10.3 Å². The van der Waals surface area contributed by atoms with Gasteiger partial charge >= 0.3 is 0 Å². The molecule has 0 bridgehead atoms. The molecular weight excluding hydrogens is 340 g/mol. The Morgan fingerprint density at radius 1 is 1.19 bits per heavy atom. The first-order valence-corrected chi connectivity index (χ1v) is 8.66. The molecule has 1 aliphatic rings. The molecule has 1 aliphatic heterocycles. The van der Waals surface area contributed by atoms with E-state index < -0.39 is 37.3 Å². The molecule has 26 heavy (non-hydrogen) atoms. The highest BCUT2D eigenvalue weighted by Crippen LogP contribution is 2.20. The number of hydrogen-bond donors (Lipinski definition) is 6. The number of para-hydroxylation sites is 1. The number of H-pyrrole nitrogens is 1. The molecule has 1 unspecified atom stereocenters. The molecule has 0 aliphatic carbocycles. The Morgan fingerprint density at radius 2 is 1.96 bits per heavy atom. The number of benzene rings is 1. The second-order valence-corrected chi connectivity index (χ2v) is 6.56. The Hall–Kier alpha value is -1.97. The molecule has 142 valence electrons. The minimum atomic E-state index is -1.50. The van der Waals surface area contributed by atoms with Crippen LogP contribution in [0.4, 0.5) is 0 Å². The highest BCUT2D eigenvalue weighted by atomic mass is 16.6. The van der Waals surface area contributed by atoms with E-state index in [0.717, 1.165) is 16.6 Å². The van der Waals surface area contributed by atoms with Gasteiger partial charge in [0.2, 0.25) is 5.91 Å². The SMILES string of the molecule is O=C(CCCc1cc2ccccc2[nH]1)N[C@H]1C(O)O[C@H](CO)[C@@H](O)[C@@H]1O. The van der Waals surface area contributed by atoms with E-state index in [9.17, 15) is 20.1 Å². The van der Waals surface area contributed by atoms with Gasteiger partial charge in [-0.1, -0.05) is 18.2 Å². The summed E-state index contributed by atoms with van der Waals surface area (Å²) in [5.41, 5.74) is 2.08. The molecule has 2 aromatic rings. The average molecular weight is 364 g/mol. The first kappa shape index (κ1) is 18.8. The Labute approximate surface area is 150 Å². The van der Waals surface area contributed by atoms with Gasteiger partial charge in [-0.15, -0.1) is 0 Å². The van der Waals surface area contributed by atoms with Crippen molar-refractivity contribution in [3.05, 3.63) is 36.0 Å². The molecule has 3 rings (SSSR count). The normalized spacial score (nSPS) is 29.0. The summed E-state index contributed by atoms with van der Waals surface area (Å²) in [6, 6.07) is 8.82. The molecule has 1 aromatic carbocycles. The molecule has 1 amide bonds. The molecule has 8 heteroatoms. The molecule has 0 spiro atoms. The third-order valence-corrected chi connectivity index (χ3v) is 4.66. The van der Waals surface area contributed by atoms with Crippen molar-refractivity contribution in [2.24, 2.45) is 0 Å². The van der Waals surface area contributed by atoms with Crippen LogP contribution in [0.3, 0.4) is 0 Å². The van der Waals surface area contributed by atoms with Crippen LogP contribution in [0.2, 0.25) is 0 Å². The van der Waals surface area contributed by atoms with Crippen molar-refractivity contribution >= 4 is 16.8 Å². The first-order valence-electron chi connectivity index (χ1n) is 8.66. The van der Waals surface area contributed by atoms with Gasteiger partial charge in [-0.25, -0.2) is 0 Å². The summed E-state index contributed by atoms with van der Waals surface area (Å²) in [5, 5.41) is 42.4. The predicted molar refractivity (Wildman–Crippen MR) is 93.1 cm³/mol. The first-order chi connectivity index (χ1) is 12.5. The van der Waals surface area contributed by atoms with Gasteiger partial charge in [0.1, 0.15) is 24.4 Å². The van der Waals surface area contributed by atoms with Crippen molar-refractivity contribution in [1.29, 1.82) is 0 Å². The Morgan fingerprint density at radius 3 is 2.69 bits per heavy atom. The van der Waals surface area contributed by atoms with E-state index in [-0.39, 0.29) is 12.3 Å². The van der Waals surface area contributed by atoms with Crippen LogP contribution in [0, 0.1) is 0 Å². The predicted octanol–water partition coefficient (Wildman–Crippen LogP) is -0.593. The van der Waals surface area contributed by atoms with Crippen LogP contribution in [0.25, 0.3) is 10.9 Å². The summed E-state index contributed by atoms with van der Waals surface area (Å²) in [7, 11) is 0. The number of carbonyl (C=O) groups is 1. The number of amides is 1. The molecule has 0 radical (unpaired) electrons. The van der Waals surface area contributed by atoms with Crippen molar-refractivity contribution in [3.63, 3.8) is 0 Å². The second-order valence-electron chi connectivity index (χ2n) is 6.56. The molecule has 1 saturated heterocycles. The molecule has 6 N–H and O–H groups in total. The maximum absolute atomic E-state index is 12.1. The van der Waals surface area contributed by atoms with Gasteiger partial charge in [0.05, 0.1) is 6.61 Å². The van der Waals surface area contributed by atoms with Crippen molar-refractivity contribution in [2.75, 3.05) is 6.61 Å². The second kappa shape index (κ2) is 8.15. The number of ether oxygens (including phenoxy) is 1. The number of rotatable bonds is 6. The third kappa shape index (κ3) is 4.05. The largest absolute Gasteiger partial charge is 0.394 e. The van der Waals surface area contributed by atoms with Crippen LogP contribution in [0.1, 0.15) is 18.5 Å². The number of aryl methyl sites for hydroxylation is 1. The summed E-state index contributed by atoms with van der Waals surface area (Å²) in [5.74, 6) is -0.359. The highest BCUT2D eigenvalue weighted by molar-refractivity contribution is 5.80. The van der Waals surface area contributed by atoms with Crippen molar-refractivity contribution < 1.29 is 30.0 Å². The number of hydrogen-bond acceptors (Lipinski definition) is 6. The quantitative estimate of drug-likeness (QED) is 0.405. The average Bonchev–Trinajstić information content (AvgIpc) is 3.04. The maximum atomic E-state index is 12.1. The lowest BCUT2D eigenvalue weighted by Gasteiger charge is -2.40. The molecular formula is C18H24N2O6. The number of aliphatic hydroxyl groups excluding tert-OH is 4. The summed E-state index contributed by atoms with van der Waals surface area (Å²) in [6.07, 6.45) is -3.93. The number of fused-ring (bicyclic) bond motifs is 1. The van der Waals surface area contributed by atoms with Crippen molar-refractivity contribution in [1.82, 2.24) is 10.3 Å². The Kier molecular flexibility index (Phi) is 5.90. The minimum absolute atomic E-state index is 0.199. The fourth-order valence-corrected chi connectivity index (χ4v) is 3.22. The van der Waals surface area contributed by atoms with Crippen LogP contribution >= 0.6 is 0 Å². The van der Waals surface area contributed by atoms with E-state index >= 15 is 0 Å². The number of aliphatic hydroxyl groups is 4. The lowest BCUT2D eigenvalue weighted by molar-refractivity contribution is -0.253. The number of aromatic nitrogens is 1.